The number of nitrogens with one attached hydrogen (secondary N) is 1. The Morgan fingerprint density at radius 1 is 1.75 bits per heavy atom. The SMILES string of the molecule is CONC(=O)c1ccncc1Cl. The predicted molar refractivity (Wildman–Crippen MR) is 43.7 cm³/mol. The van der Waals surface area contributed by atoms with E-state index in [1.807, 2.05) is 0 Å². The molecule has 1 aromatic heterocycles. The molecule has 0 atom stereocenters. The smallest absolute Gasteiger partial charge is 0.276 e. The van der Waals surface area contributed by atoms with Gasteiger partial charge in [0.1, 0.15) is 0 Å². The first-order chi connectivity index (χ1) is 5.75. The highest BCUT2D eigenvalue weighted by atomic mass is 35.5. The van der Waals surface area contributed by atoms with Gasteiger partial charge in [0, 0.05) is 12.4 Å². The normalized spacial score (nSPS) is 9.50. The number of hydrogen-bond donors (Lipinski definition) is 1. The van der Waals surface area contributed by atoms with Crippen LogP contribution in [0.4, 0.5) is 0 Å². The van der Waals surface area contributed by atoms with Gasteiger partial charge in [-0.25, -0.2) is 5.48 Å². The molecule has 12 heavy (non-hydrogen) atoms. The number of carbonyl (C=O) groups is 1. The van der Waals surface area contributed by atoms with Crippen molar-refractivity contribution in [1.29, 1.82) is 0 Å². The van der Waals surface area contributed by atoms with E-state index in [2.05, 4.69) is 15.3 Å². The molecule has 0 spiro atoms. The second kappa shape index (κ2) is 4.04. The van der Waals surface area contributed by atoms with Crippen LogP contribution in [0.25, 0.3) is 0 Å². The van der Waals surface area contributed by atoms with Crippen LogP contribution in [0, 0.1) is 0 Å². The summed E-state index contributed by atoms with van der Waals surface area (Å²) in [5.74, 6) is -0.384. The van der Waals surface area contributed by atoms with Gasteiger partial charge in [0.05, 0.1) is 17.7 Å². The molecule has 1 aromatic rings. The van der Waals surface area contributed by atoms with Crippen LogP contribution in [-0.2, 0) is 4.84 Å². The van der Waals surface area contributed by atoms with Crippen LogP contribution in [0.5, 0.6) is 0 Å². The molecule has 1 amide bonds. The number of aromatic nitrogens is 1. The standard InChI is InChI=1S/C7H7ClN2O2/c1-12-10-7(11)5-2-3-9-4-6(5)8/h2-4H,1H3,(H,10,11). The van der Waals surface area contributed by atoms with Crippen LogP contribution in [0.1, 0.15) is 10.4 Å². The molecule has 0 saturated heterocycles. The van der Waals surface area contributed by atoms with E-state index in [9.17, 15) is 4.79 Å². The summed E-state index contributed by atoms with van der Waals surface area (Å²) < 4.78 is 0. The second-order valence-corrected chi connectivity index (χ2v) is 2.40. The lowest BCUT2D eigenvalue weighted by atomic mass is 10.2. The molecule has 0 radical (unpaired) electrons. The number of amides is 1. The maximum Gasteiger partial charge on any atom is 0.276 e. The summed E-state index contributed by atoms with van der Waals surface area (Å²) >= 11 is 5.68. The van der Waals surface area contributed by atoms with E-state index in [1.54, 1.807) is 0 Å². The predicted octanol–water partition coefficient (Wildman–Crippen LogP) is 1.03. The Morgan fingerprint density at radius 2 is 2.50 bits per heavy atom. The molecule has 64 valence electrons. The summed E-state index contributed by atoms with van der Waals surface area (Å²) in [6.45, 7) is 0. The lowest BCUT2D eigenvalue weighted by molar-refractivity contribution is 0.0537. The number of carbonyl (C=O) groups excluding carboxylic acids is 1. The van der Waals surface area contributed by atoms with Crippen molar-refractivity contribution in [3.05, 3.63) is 29.0 Å². The van der Waals surface area contributed by atoms with Crippen LogP contribution in [0.2, 0.25) is 5.02 Å². The number of hydroxylamine groups is 1. The van der Waals surface area contributed by atoms with Crippen molar-refractivity contribution in [2.45, 2.75) is 0 Å². The van der Waals surface area contributed by atoms with Crippen LogP contribution in [-0.4, -0.2) is 18.0 Å². The van der Waals surface area contributed by atoms with E-state index in [0.29, 0.717) is 10.6 Å². The highest BCUT2D eigenvalue weighted by Gasteiger charge is 2.08. The summed E-state index contributed by atoms with van der Waals surface area (Å²) in [5.41, 5.74) is 2.49. The van der Waals surface area contributed by atoms with Crippen molar-refractivity contribution in [2.75, 3.05) is 7.11 Å². The van der Waals surface area contributed by atoms with Gasteiger partial charge in [0.2, 0.25) is 0 Å². The van der Waals surface area contributed by atoms with Crippen molar-refractivity contribution in [3.63, 3.8) is 0 Å². The Labute approximate surface area is 74.5 Å². The minimum absolute atomic E-state index is 0.298. The topological polar surface area (TPSA) is 51.2 Å². The Bertz CT molecular complexity index is 290. The molecule has 4 nitrogen and oxygen atoms in total. The molecular weight excluding hydrogens is 180 g/mol. The van der Waals surface area contributed by atoms with Crippen LogP contribution >= 0.6 is 11.6 Å². The Kier molecular flexibility index (Phi) is 3.01. The zero-order valence-electron chi connectivity index (χ0n) is 6.37. The van der Waals surface area contributed by atoms with Gasteiger partial charge in [-0.15, -0.1) is 0 Å². The van der Waals surface area contributed by atoms with Gasteiger partial charge in [-0.3, -0.25) is 14.6 Å². The maximum absolute atomic E-state index is 11.1. The first-order valence-corrected chi connectivity index (χ1v) is 3.56. The number of hydrogen-bond acceptors (Lipinski definition) is 3. The van der Waals surface area contributed by atoms with Crippen molar-refractivity contribution >= 4 is 17.5 Å². The first kappa shape index (κ1) is 8.96. The fraction of sp³-hybridized carbons (Fsp3) is 0.143. The van der Waals surface area contributed by atoms with Crippen molar-refractivity contribution < 1.29 is 9.63 Å². The second-order valence-electron chi connectivity index (χ2n) is 1.99. The molecule has 0 bridgehead atoms. The third-order valence-corrected chi connectivity index (χ3v) is 1.51. The maximum atomic E-state index is 11.1. The quantitative estimate of drug-likeness (QED) is 0.702. The molecule has 0 fully saturated rings. The monoisotopic (exact) mass is 186 g/mol. The summed E-state index contributed by atoms with van der Waals surface area (Å²) in [5, 5.41) is 0.298. The Hall–Kier alpha value is -1.13. The Balaban J connectivity index is 2.87. The summed E-state index contributed by atoms with van der Waals surface area (Å²) in [7, 11) is 1.35. The average Bonchev–Trinajstić information content (AvgIpc) is 2.05. The third kappa shape index (κ3) is 1.93. The fourth-order valence-corrected chi connectivity index (χ4v) is 0.912. The van der Waals surface area contributed by atoms with Gasteiger partial charge in [0.15, 0.2) is 0 Å². The largest absolute Gasteiger partial charge is 0.277 e. The van der Waals surface area contributed by atoms with E-state index in [-0.39, 0.29) is 5.91 Å². The molecule has 0 aliphatic rings. The highest BCUT2D eigenvalue weighted by molar-refractivity contribution is 6.33. The van der Waals surface area contributed by atoms with Crippen molar-refractivity contribution in [2.24, 2.45) is 0 Å². The van der Waals surface area contributed by atoms with Gasteiger partial charge in [-0.2, -0.15) is 0 Å². The Morgan fingerprint density at radius 3 is 3.08 bits per heavy atom. The van der Waals surface area contributed by atoms with Gasteiger partial charge in [0.25, 0.3) is 5.91 Å². The van der Waals surface area contributed by atoms with E-state index >= 15 is 0 Å². The van der Waals surface area contributed by atoms with E-state index < -0.39 is 0 Å². The van der Waals surface area contributed by atoms with Gasteiger partial charge >= 0.3 is 0 Å². The highest BCUT2D eigenvalue weighted by Crippen LogP contribution is 2.12. The minimum atomic E-state index is -0.384. The molecule has 0 aromatic carbocycles. The van der Waals surface area contributed by atoms with Crippen molar-refractivity contribution in [1.82, 2.24) is 10.5 Å². The van der Waals surface area contributed by atoms with Crippen molar-refractivity contribution in [3.8, 4) is 0 Å². The van der Waals surface area contributed by atoms with Crippen LogP contribution < -0.4 is 5.48 Å². The fourth-order valence-electron chi connectivity index (χ4n) is 0.707. The molecule has 1 N–H and O–H groups in total. The molecule has 5 heteroatoms. The van der Waals surface area contributed by atoms with Gasteiger partial charge in [-0.05, 0) is 6.07 Å². The number of rotatable bonds is 2. The zero-order chi connectivity index (χ0) is 8.97. The average molecular weight is 187 g/mol. The number of nitrogens with zero attached hydrogens (tertiary/aromatic N) is 1. The number of halogens is 1. The summed E-state index contributed by atoms with van der Waals surface area (Å²) in [6, 6.07) is 1.51. The molecule has 0 unspecified atom stereocenters. The molecule has 0 aliphatic heterocycles. The zero-order valence-corrected chi connectivity index (χ0v) is 7.13. The molecule has 1 heterocycles. The minimum Gasteiger partial charge on any atom is -0.277 e. The van der Waals surface area contributed by atoms with Crippen LogP contribution in [0.3, 0.4) is 0 Å². The molecule has 0 saturated carbocycles. The first-order valence-electron chi connectivity index (χ1n) is 3.18. The summed E-state index contributed by atoms with van der Waals surface area (Å²) in [6.07, 6.45) is 2.88. The van der Waals surface area contributed by atoms with E-state index in [1.165, 1.54) is 25.6 Å². The van der Waals surface area contributed by atoms with Gasteiger partial charge < -0.3 is 0 Å². The summed E-state index contributed by atoms with van der Waals surface area (Å²) in [4.78, 5) is 19.3. The van der Waals surface area contributed by atoms with Crippen LogP contribution in [0.15, 0.2) is 18.5 Å². The van der Waals surface area contributed by atoms with E-state index in [4.69, 9.17) is 11.6 Å². The molecule has 0 aliphatic carbocycles. The molecular formula is C7H7ClN2O2. The third-order valence-electron chi connectivity index (χ3n) is 1.21. The van der Waals surface area contributed by atoms with Gasteiger partial charge in [-0.1, -0.05) is 11.6 Å². The van der Waals surface area contributed by atoms with E-state index in [0.717, 1.165) is 0 Å². The lowest BCUT2D eigenvalue weighted by Gasteiger charge is -2.02. The molecule has 1 rings (SSSR count). The number of pyridine rings is 1. The lowest BCUT2D eigenvalue weighted by Crippen LogP contribution is -2.22.